The highest BCUT2D eigenvalue weighted by atomic mass is 19.4. The van der Waals surface area contributed by atoms with Crippen LogP contribution in [0.1, 0.15) is 32.1 Å². The van der Waals surface area contributed by atoms with Gasteiger partial charge in [0, 0.05) is 6.54 Å². The second kappa shape index (κ2) is 8.86. The minimum atomic E-state index is -5.08. The Kier molecular flexibility index (Phi) is 7.46. The molecule has 138 valence electrons. The molecule has 2 amide bonds. The van der Waals surface area contributed by atoms with E-state index in [4.69, 9.17) is 5.73 Å². The van der Waals surface area contributed by atoms with Crippen LogP contribution in [-0.4, -0.2) is 61.1 Å². The fourth-order valence-corrected chi connectivity index (χ4v) is 2.60. The molecule has 10 heteroatoms. The molecule has 3 N–H and O–H groups in total. The number of unbranched alkanes of at least 4 members (excludes halogenated alkanes) is 1. The maximum Gasteiger partial charge on any atom is 0.471 e. The lowest BCUT2D eigenvalue weighted by Crippen LogP contribution is -2.54. The zero-order valence-corrected chi connectivity index (χ0v) is 13.4. The largest absolute Gasteiger partial charge is 0.471 e. The molecule has 0 aliphatic carbocycles. The van der Waals surface area contributed by atoms with Gasteiger partial charge in [0.15, 0.2) is 0 Å². The third kappa shape index (κ3) is 5.36. The summed E-state index contributed by atoms with van der Waals surface area (Å²) in [5, 5.41) is 1.72. The molecular weight excluding hydrogens is 331 g/mol. The van der Waals surface area contributed by atoms with E-state index in [2.05, 4.69) is 4.74 Å². The van der Waals surface area contributed by atoms with E-state index >= 15 is 0 Å². The standard InChI is InChI=1S/C14H22F3N3O4/c1-24-12(22)10-6-4-8-20(10)11(21)9(5-2-3-7-18)19-13(23)14(15,16)17/h9-10H,2-8,18H2,1H3,(H,19,23)/t9-,10-/m0/s1. The number of rotatable bonds is 7. The molecule has 1 saturated heterocycles. The molecule has 0 saturated carbocycles. The predicted molar refractivity (Wildman–Crippen MR) is 77.6 cm³/mol. The van der Waals surface area contributed by atoms with E-state index in [0.717, 1.165) is 0 Å². The Labute approximate surface area is 137 Å². The monoisotopic (exact) mass is 353 g/mol. The quantitative estimate of drug-likeness (QED) is 0.507. The highest BCUT2D eigenvalue weighted by Crippen LogP contribution is 2.21. The van der Waals surface area contributed by atoms with Crippen LogP contribution >= 0.6 is 0 Å². The van der Waals surface area contributed by atoms with Crippen molar-refractivity contribution in [3.8, 4) is 0 Å². The third-order valence-electron chi connectivity index (χ3n) is 3.82. The molecule has 0 radical (unpaired) electrons. The van der Waals surface area contributed by atoms with Gasteiger partial charge in [0.1, 0.15) is 12.1 Å². The van der Waals surface area contributed by atoms with Crippen molar-refractivity contribution in [3.05, 3.63) is 0 Å². The minimum absolute atomic E-state index is 0.0161. The van der Waals surface area contributed by atoms with Crippen molar-refractivity contribution in [2.45, 2.75) is 50.4 Å². The molecule has 0 aromatic rings. The first kappa shape index (κ1) is 20.2. The summed E-state index contributed by atoms with van der Waals surface area (Å²) in [5.74, 6) is -3.51. The van der Waals surface area contributed by atoms with Gasteiger partial charge in [0.25, 0.3) is 0 Å². The van der Waals surface area contributed by atoms with Crippen molar-refractivity contribution in [3.63, 3.8) is 0 Å². The second-order valence-electron chi connectivity index (χ2n) is 5.52. The van der Waals surface area contributed by atoms with E-state index in [9.17, 15) is 27.6 Å². The zero-order chi connectivity index (χ0) is 18.3. The zero-order valence-electron chi connectivity index (χ0n) is 13.4. The number of methoxy groups -OCH3 is 1. The fourth-order valence-electron chi connectivity index (χ4n) is 2.60. The van der Waals surface area contributed by atoms with Crippen molar-refractivity contribution in [1.29, 1.82) is 0 Å². The van der Waals surface area contributed by atoms with Gasteiger partial charge in [-0.05, 0) is 38.6 Å². The van der Waals surface area contributed by atoms with Crippen molar-refractivity contribution in [1.82, 2.24) is 10.2 Å². The number of nitrogens with two attached hydrogens (primary N) is 1. The first-order valence-corrected chi connectivity index (χ1v) is 7.68. The highest BCUT2D eigenvalue weighted by molar-refractivity contribution is 5.92. The van der Waals surface area contributed by atoms with Crippen LogP contribution in [0.5, 0.6) is 0 Å². The van der Waals surface area contributed by atoms with Crippen LogP contribution in [0, 0.1) is 0 Å². The molecule has 1 aliphatic rings. The molecule has 24 heavy (non-hydrogen) atoms. The van der Waals surface area contributed by atoms with E-state index in [1.54, 1.807) is 5.32 Å². The van der Waals surface area contributed by atoms with Gasteiger partial charge in [0.05, 0.1) is 7.11 Å². The number of carbonyl (C=O) groups excluding carboxylic acids is 3. The topological polar surface area (TPSA) is 102 Å². The van der Waals surface area contributed by atoms with Gasteiger partial charge in [0.2, 0.25) is 5.91 Å². The molecule has 0 unspecified atom stereocenters. The van der Waals surface area contributed by atoms with Crippen LogP contribution in [0.25, 0.3) is 0 Å². The van der Waals surface area contributed by atoms with Crippen molar-refractivity contribution in [2.24, 2.45) is 5.73 Å². The minimum Gasteiger partial charge on any atom is -0.467 e. The summed E-state index contributed by atoms with van der Waals surface area (Å²) in [6.45, 7) is 0.552. The molecule has 1 heterocycles. The fraction of sp³-hybridized carbons (Fsp3) is 0.786. The average Bonchev–Trinajstić information content (AvgIpc) is 3.01. The van der Waals surface area contributed by atoms with Gasteiger partial charge in [-0.3, -0.25) is 9.59 Å². The van der Waals surface area contributed by atoms with Crippen LogP contribution in [0.15, 0.2) is 0 Å². The number of nitrogens with one attached hydrogen (secondary N) is 1. The summed E-state index contributed by atoms with van der Waals surface area (Å²) in [4.78, 5) is 36.6. The lowest BCUT2D eigenvalue weighted by Gasteiger charge is -2.28. The number of hydrogen-bond donors (Lipinski definition) is 2. The molecule has 1 aliphatic heterocycles. The molecule has 2 atom stereocenters. The summed E-state index contributed by atoms with van der Waals surface area (Å²) in [6.07, 6.45) is -3.27. The number of carbonyl (C=O) groups is 3. The number of hydrogen-bond acceptors (Lipinski definition) is 5. The Hall–Kier alpha value is -1.84. The van der Waals surface area contributed by atoms with Gasteiger partial charge in [-0.25, -0.2) is 4.79 Å². The Morgan fingerprint density at radius 1 is 1.33 bits per heavy atom. The number of esters is 1. The normalized spacial score (nSPS) is 19.0. The van der Waals surface area contributed by atoms with Crippen LogP contribution in [0.3, 0.4) is 0 Å². The van der Waals surface area contributed by atoms with Gasteiger partial charge in [-0.15, -0.1) is 0 Å². The second-order valence-corrected chi connectivity index (χ2v) is 5.52. The van der Waals surface area contributed by atoms with Crippen molar-refractivity contribution >= 4 is 17.8 Å². The summed E-state index contributed by atoms with van der Waals surface area (Å²) >= 11 is 0. The molecule has 0 aromatic heterocycles. The molecule has 0 aromatic carbocycles. The maximum atomic E-state index is 12.5. The molecule has 1 rings (SSSR count). The third-order valence-corrected chi connectivity index (χ3v) is 3.82. The molecule has 7 nitrogen and oxygen atoms in total. The van der Waals surface area contributed by atoms with Crippen LogP contribution < -0.4 is 11.1 Å². The summed E-state index contributed by atoms with van der Waals surface area (Å²) < 4.78 is 42.0. The molecule has 0 bridgehead atoms. The molecular formula is C14H22F3N3O4. The lowest BCUT2D eigenvalue weighted by atomic mass is 10.1. The Morgan fingerprint density at radius 2 is 2.00 bits per heavy atom. The van der Waals surface area contributed by atoms with Crippen LogP contribution in [0.2, 0.25) is 0 Å². The number of alkyl halides is 3. The van der Waals surface area contributed by atoms with Gasteiger partial charge in [-0.1, -0.05) is 0 Å². The number of halogens is 3. The SMILES string of the molecule is COC(=O)[C@@H]1CCCN1C(=O)[C@H](CCCCN)NC(=O)C(F)(F)F. The first-order chi connectivity index (χ1) is 11.2. The Morgan fingerprint density at radius 3 is 2.54 bits per heavy atom. The summed E-state index contributed by atoms with van der Waals surface area (Å²) in [6, 6.07) is -2.18. The van der Waals surface area contributed by atoms with Gasteiger partial charge < -0.3 is 20.7 Å². The Balaban J connectivity index is 2.85. The predicted octanol–water partition coefficient (Wildman–Crippen LogP) is 0.327. The van der Waals surface area contributed by atoms with Gasteiger partial charge >= 0.3 is 18.1 Å². The van der Waals surface area contributed by atoms with E-state index in [1.165, 1.54) is 12.0 Å². The molecule has 1 fully saturated rings. The maximum absolute atomic E-state index is 12.5. The summed E-state index contributed by atoms with van der Waals surface area (Å²) in [5.41, 5.74) is 5.34. The Bertz CT molecular complexity index is 471. The number of ether oxygens (including phenoxy) is 1. The van der Waals surface area contributed by atoms with Crippen LogP contribution in [-0.2, 0) is 19.1 Å². The first-order valence-electron chi connectivity index (χ1n) is 7.68. The number of likely N-dealkylation sites (tertiary alicyclic amines) is 1. The average molecular weight is 353 g/mol. The van der Waals surface area contributed by atoms with Crippen LogP contribution in [0.4, 0.5) is 13.2 Å². The van der Waals surface area contributed by atoms with Crippen molar-refractivity contribution < 1.29 is 32.3 Å². The number of amides is 2. The number of nitrogens with zero attached hydrogens (tertiary/aromatic N) is 1. The van der Waals surface area contributed by atoms with E-state index in [0.29, 0.717) is 32.2 Å². The van der Waals surface area contributed by atoms with E-state index in [1.807, 2.05) is 0 Å². The summed E-state index contributed by atoms with van der Waals surface area (Å²) in [7, 11) is 1.17. The highest BCUT2D eigenvalue weighted by Gasteiger charge is 2.43. The van der Waals surface area contributed by atoms with E-state index in [-0.39, 0.29) is 13.0 Å². The lowest BCUT2D eigenvalue weighted by molar-refractivity contribution is -0.175. The molecule has 0 spiro atoms. The smallest absolute Gasteiger partial charge is 0.467 e. The van der Waals surface area contributed by atoms with Gasteiger partial charge in [-0.2, -0.15) is 13.2 Å². The van der Waals surface area contributed by atoms with Crippen molar-refractivity contribution in [2.75, 3.05) is 20.2 Å². The van der Waals surface area contributed by atoms with E-state index < -0.39 is 36.0 Å².